The summed E-state index contributed by atoms with van der Waals surface area (Å²) in [4.78, 5) is 12.8. The van der Waals surface area contributed by atoms with Gasteiger partial charge >= 0.3 is 0 Å². The molecule has 4 rings (SSSR count). The Morgan fingerprint density at radius 2 is 1.68 bits per heavy atom. The molecule has 0 aromatic heterocycles. The second kappa shape index (κ2) is 7.91. The van der Waals surface area contributed by atoms with Gasteiger partial charge < -0.3 is 5.11 Å². The van der Waals surface area contributed by atoms with E-state index in [1.807, 2.05) is 0 Å². The lowest BCUT2D eigenvalue weighted by molar-refractivity contribution is -0.133. The van der Waals surface area contributed by atoms with Gasteiger partial charge in [0.2, 0.25) is 0 Å². The van der Waals surface area contributed by atoms with Crippen molar-refractivity contribution in [3.8, 4) is 0 Å². The van der Waals surface area contributed by atoms with Crippen molar-refractivity contribution in [2.45, 2.75) is 113 Å². The first-order chi connectivity index (χ1) is 14.4. The molecule has 0 aromatic carbocycles. The van der Waals surface area contributed by atoms with Crippen LogP contribution in [0.5, 0.6) is 0 Å². The minimum Gasteiger partial charge on any atom is -0.512 e. The lowest BCUT2D eigenvalue weighted by Crippen LogP contribution is -2.54. The number of fused-ring (bicyclic) bond motifs is 5. The summed E-state index contributed by atoms with van der Waals surface area (Å²) < 4.78 is 0. The van der Waals surface area contributed by atoms with E-state index < -0.39 is 5.41 Å². The summed E-state index contributed by atoms with van der Waals surface area (Å²) in [6.07, 6.45) is 11.9. The van der Waals surface area contributed by atoms with E-state index in [1.165, 1.54) is 44.9 Å². The maximum absolute atomic E-state index is 12.8. The Hall–Kier alpha value is -0.790. The third kappa shape index (κ3) is 3.54. The topological polar surface area (TPSA) is 37.3 Å². The quantitative estimate of drug-likeness (QED) is 0.480. The van der Waals surface area contributed by atoms with Gasteiger partial charge in [-0.3, -0.25) is 4.79 Å². The molecule has 7 atom stereocenters. The summed E-state index contributed by atoms with van der Waals surface area (Å²) in [6.45, 7) is 16.3. The van der Waals surface area contributed by atoms with Crippen LogP contribution >= 0.6 is 0 Å². The summed E-state index contributed by atoms with van der Waals surface area (Å²) in [7, 11) is 0. The molecule has 0 unspecified atom stereocenters. The van der Waals surface area contributed by atoms with Gasteiger partial charge in [0, 0.05) is 18.3 Å². The predicted molar refractivity (Wildman–Crippen MR) is 129 cm³/mol. The number of hydrogen-bond acceptors (Lipinski definition) is 2. The molecule has 2 nitrogen and oxygen atoms in total. The molecule has 3 saturated carbocycles. The Morgan fingerprint density at radius 1 is 0.968 bits per heavy atom. The summed E-state index contributed by atoms with van der Waals surface area (Å²) in [6, 6.07) is 0. The van der Waals surface area contributed by atoms with E-state index in [0.29, 0.717) is 35.2 Å². The molecule has 31 heavy (non-hydrogen) atoms. The first-order valence-corrected chi connectivity index (χ1v) is 13.4. The van der Waals surface area contributed by atoms with Crippen LogP contribution in [0.4, 0.5) is 0 Å². The maximum atomic E-state index is 12.8. The fourth-order valence-electron chi connectivity index (χ4n) is 9.44. The Balaban J connectivity index is 1.59. The Bertz CT molecular complexity index is 746. The lowest BCUT2D eigenvalue weighted by Gasteiger charge is -2.60. The van der Waals surface area contributed by atoms with E-state index in [2.05, 4.69) is 48.5 Å². The van der Waals surface area contributed by atoms with Crippen molar-refractivity contribution in [3.05, 3.63) is 11.3 Å². The number of rotatable bonds is 5. The Morgan fingerprint density at radius 3 is 2.35 bits per heavy atom. The van der Waals surface area contributed by atoms with E-state index in [1.54, 1.807) is 0 Å². The minimum atomic E-state index is -0.494. The molecular formula is C29H48O2. The number of aliphatic hydroxyl groups is 1. The fraction of sp³-hybridized carbons (Fsp3) is 0.897. The molecule has 0 radical (unpaired) electrons. The van der Waals surface area contributed by atoms with Crippen molar-refractivity contribution in [2.75, 3.05) is 0 Å². The number of allylic oxidation sites excluding steroid dienone is 2. The largest absolute Gasteiger partial charge is 0.512 e. The van der Waals surface area contributed by atoms with Gasteiger partial charge in [0.1, 0.15) is 5.78 Å². The maximum Gasteiger partial charge on any atom is 0.142 e. The van der Waals surface area contributed by atoms with Crippen LogP contribution in [0.2, 0.25) is 0 Å². The van der Waals surface area contributed by atoms with Gasteiger partial charge in [-0.25, -0.2) is 0 Å². The molecule has 0 spiro atoms. The molecule has 0 aromatic rings. The number of ketones is 1. The van der Waals surface area contributed by atoms with E-state index in [9.17, 15) is 9.90 Å². The molecule has 0 heterocycles. The highest BCUT2D eigenvalue weighted by molar-refractivity contribution is 5.89. The van der Waals surface area contributed by atoms with Crippen molar-refractivity contribution < 1.29 is 9.90 Å². The zero-order valence-corrected chi connectivity index (χ0v) is 21.4. The molecule has 0 saturated heterocycles. The van der Waals surface area contributed by atoms with Gasteiger partial charge in [0.05, 0.1) is 5.76 Å². The molecule has 0 bridgehead atoms. The minimum absolute atomic E-state index is 0.00665. The summed E-state index contributed by atoms with van der Waals surface area (Å²) >= 11 is 0. The van der Waals surface area contributed by atoms with Gasteiger partial charge in [-0.1, -0.05) is 53.9 Å². The van der Waals surface area contributed by atoms with Crippen LogP contribution in [-0.4, -0.2) is 10.9 Å². The Kier molecular flexibility index (Phi) is 5.96. The zero-order valence-electron chi connectivity index (χ0n) is 21.4. The van der Waals surface area contributed by atoms with Crippen molar-refractivity contribution in [1.82, 2.24) is 0 Å². The van der Waals surface area contributed by atoms with E-state index in [0.717, 1.165) is 42.1 Å². The molecular weight excluding hydrogens is 380 g/mol. The van der Waals surface area contributed by atoms with Crippen molar-refractivity contribution in [1.29, 1.82) is 0 Å². The van der Waals surface area contributed by atoms with Gasteiger partial charge in [0.15, 0.2) is 0 Å². The zero-order chi connectivity index (χ0) is 22.8. The summed E-state index contributed by atoms with van der Waals surface area (Å²) in [5, 5.41) is 11.3. The molecule has 0 aliphatic heterocycles. The van der Waals surface area contributed by atoms with E-state index >= 15 is 0 Å². The van der Waals surface area contributed by atoms with Crippen molar-refractivity contribution >= 4 is 5.78 Å². The number of hydrogen-bond donors (Lipinski definition) is 1. The van der Waals surface area contributed by atoms with Crippen LogP contribution < -0.4 is 0 Å². The van der Waals surface area contributed by atoms with Crippen LogP contribution in [0.25, 0.3) is 0 Å². The second-order valence-corrected chi connectivity index (χ2v) is 13.4. The van der Waals surface area contributed by atoms with Crippen molar-refractivity contribution in [3.63, 3.8) is 0 Å². The molecule has 1 N–H and O–H groups in total. The first kappa shape index (κ1) is 23.4. The molecule has 3 fully saturated rings. The van der Waals surface area contributed by atoms with Crippen LogP contribution in [0.15, 0.2) is 11.3 Å². The van der Waals surface area contributed by atoms with Gasteiger partial charge in [-0.2, -0.15) is 0 Å². The van der Waals surface area contributed by atoms with Crippen LogP contribution in [0.3, 0.4) is 0 Å². The molecule has 4 aliphatic rings. The van der Waals surface area contributed by atoms with Crippen LogP contribution in [0, 0.1) is 51.8 Å². The third-order valence-electron chi connectivity index (χ3n) is 10.9. The predicted octanol–water partition coefficient (Wildman–Crippen LogP) is 8.12. The van der Waals surface area contributed by atoms with E-state index in [4.69, 9.17) is 0 Å². The number of Topliss-reactive ketones (excluding diaryl/α,β-unsaturated/α-hetero) is 1. The number of aliphatic hydroxyl groups excluding tert-OH is 1. The van der Waals surface area contributed by atoms with Gasteiger partial charge in [0.25, 0.3) is 0 Å². The van der Waals surface area contributed by atoms with Gasteiger partial charge in [-0.05, 0) is 97.9 Å². The monoisotopic (exact) mass is 428 g/mol. The number of carbonyl (C=O) groups excluding carboxylic acids is 1. The highest BCUT2D eigenvalue weighted by Crippen LogP contribution is 2.69. The fourth-order valence-corrected chi connectivity index (χ4v) is 9.44. The van der Waals surface area contributed by atoms with E-state index in [-0.39, 0.29) is 5.41 Å². The second-order valence-electron chi connectivity index (χ2n) is 13.4. The van der Waals surface area contributed by atoms with Crippen LogP contribution in [-0.2, 0) is 4.79 Å². The average molecular weight is 429 g/mol. The van der Waals surface area contributed by atoms with Gasteiger partial charge in [-0.15, -0.1) is 0 Å². The summed E-state index contributed by atoms with van der Waals surface area (Å²) in [5.41, 5.74) is 1.06. The molecule has 0 amide bonds. The average Bonchev–Trinajstić information content (AvgIpc) is 3.02. The first-order valence-electron chi connectivity index (χ1n) is 13.4. The molecule has 176 valence electrons. The third-order valence-corrected chi connectivity index (χ3v) is 10.9. The Labute approximate surface area is 191 Å². The normalized spacial score (nSPS) is 42.9. The highest BCUT2D eigenvalue weighted by Gasteiger charge is 2.62. The standard InChI is InChI=1S/C29H48O2/c1-18(2)9-8-10-19(3)21-11-12-22-20-17-24(30)26-27(4,5)25(31)14-16-29(26,7)23(20)13-15-28(21,22)6/h18-23,30H,8-17H2,1-7H3/t19-,20+,21-,22+,23+,28-,29-/m1/s1. The molecule has 4 aliphatic carbocycles. The smallest absolute Gasteiger partial charge is 0.142 e. The molecule has 2 heteroatoms. The lowest BCUT2D eigenvalue weighted by atomic mass is 9.44. The van der Waals surface area contributed by atoms with Crippen molar-refractivity contribution in [2.24, 2.45) is 51.8 Å². The van der Waals surface area contributed by atoms with Crippen LogP contribution in [0.1, 0.15) is 113 Å². The summed E-state index contributed by atoms with van der Waals surface area (Å²) in [5.74, 6) is 5.35. The highest BCUT2D eigenvalue weighted by atomic mass is 16.3. The SMILES string of the molecule is CC(C)CCC[C@@H](C)[C@H]1CC[C@H]2[C@@H]3CC(O)=C4C(C)(C)C(=O)CC[C@]4(C)[C@H]3CC[C@]12C. The number of carbonyl (C=O) groups is 1.